The Morgan fingerprint density at radius 1 is 1.47 bits per heavy atom. The highest BCUT2D eigenvalue weighted by Gasteiger charge is 2.27. The van der Waals surface area contributed by atoms with E-state index in [9.17, 15) is 14.9 Å². The van der Waals surface area contributed by atoms with Crippen LogP contribution in [-0.2, 0) is 11.2 Å². The molecule has 0 aliphatic rings. The van der Waals surface area contributed by atoms with Crippen LogP contribution in [0.3, 0.4) is 0 Å². The molecule has 5 nitrogen and oxygen atoms in total. The molecule has 1 aromatic carbocycles. The summed E-state index contributed by atoms with van der Waals surface area (Å²) >= 11 is 3.17. The number of benzene rings is 1. The number of rotatable bonds is 6. The van der Waals surface area contributed by atoms with Gasteiger partial charge in [-0.15, -0.1) is 0 Å². The fraction of sp³-hybridized carbons (Fsp3) is 0.462. The van der Waals surface area contributed by atoms with Crippen LogP contribution in [0, 0.1) is 15.5 Å². The number of carboxylic acid groups (broad SMARTS) is 1. The van der Waals surface area contributed by atoms with Gasteiger partial charge in [-0.3, -0.25) is 14.9 Å². The molecule has 0 heterocycles. The predicted octanol–water partition coefficient (Wildman–Crippen LogP) is 3.79. The van der Waals surface area contributed by atoms with Crippen LogP contribution in [0.2, 0.25) is 0 Å². The Morgan fingerprint density at radius 2 is 2.11 bits per heavy atom. The molecule has 0 atom stereocenters. The summed E-state index contributed by atoms with van der Waals surface area (Å²) in [6, 6.07) is 5.08. The van der Waals surface area contributed by atoms with E-state index in [4.69, 9.17) is 5.11 Å². The number of para-hydroxylation sites is 1. The number of hydrogen-bond donors (Lipinski definition) is 1. The van der Waals surface area contributed by atoms with Crippen LogP contribution in [0.4, 0.5) is 5.69 Å². The van der Waals surface area contributed by atoms with Crippen molar-refractivity contribution < 1.29 is 14.8 Å². The summed E-state index contributed by atoms with van der Waals surface area (Å²) in [4.78, 5) is 21.6. The van der Waals surface area contributed by atoms with Gasteiger partial charge in [-0.2, -0.15) is 0 Å². The average Bonchev–Trinajstić information content (AvgIpc) is 2.27. The van der Waals surface area contributed by atoms with E-state index in [1.807, 2.05) is 0 Å². The molecule has 6 heteroatoms. The molecular formula is C13H16BrNO4. The van der Waals surface area contributed by atoms with Gasteiger partial charge in [-0.25, -0.2) is 0 Å². The van der Waals surface area contributed by atoms with Gasteiger partial charge in [0.05, 0.1) is 14.8 Å². The standard InChI is InChI=1S/C13H16BrNO4/c1-13(2,12(16)17)8-4-6-9-5-3-7-10(14)11(9)15(18)19/h3,5,7H,4,6,8H2,1-2H3,(H,16,17). The molecule has 0 fully saturated rings. The van der Waals surface area contributed by atoms with Crippen LogP contribution in [0.25, 0.3) is 0 Å². The Labute approximate surface area is 119 Å². The molecule has 19 heavy (non-hydrogen) atoms. The smallest absolute Gasteiger partial charge is 0.309 e. The number of aliphatic carboxylic acids is 1. The number of nitrogens with zero attached hydrogens (tertiary/aromatic N) is 1. The number of aryl methyl sites for hydroxylation is 1. The Kier molecular flexibility index (Phi) is 5.05. The van der Waals surface area contributed by atoms with Crippen molar-refractivity contribution >= 4 is 27.6 Å². The molecule has 1 N–H and O–H groups in total. The Hall–Kier alpha value is -1.43. The first-order chi connectivity index (χ1) is 8.75. The third-order valence-corrected chi connectivity index (χ3v) is 3.72. The highest BCUT2D eigenvalue weighted by atomic mass is 79.9. The largest absolute Gasteiger partial charge is 0.481 e. The monoisotopic (exact) mass is 329 g/mol. The normalized spacial score (nSPS) is 11.3. The Morgan fingerprint density at radius 3 is 2.63 bits per heavy atom. The molecule has 0 saturated heterocycles. The molecule has 1 rings (SSSR count). The number of hydrogen-bond acceptors (Lipinski definition) is 3. The summed E-state index contributed by atoms with van der Waals surface area (Å²) in [5.74, 6) is -0.851. The number of halogens is 1. The van der Waals surface area contributed by atoms with Crippen molar-refractivity contribution in [1.29, 1.82) is 0 Å². The third-order valence-electron chi connectivity index (χ3n) is 3.08. The maximum atomic E-state index is 11.0. The lowest BCUT2D eigenvalue weighted by molar-refractivity contribution is -0.386. The second-order valence-electron chi connectivity index (χ2n) is 5.05. The van der Waals surface area contributed by atoms with E-state index in [2.05, 4.69) is 15.9 Å². The SMILES string of the molecule is CC(C)(CCCc1cccc(Br)c1[N+](=O)[O-])C(=O)O. The van der Waals surface area contributed by atoms with Crippen LogP contribution in [0.5, 0.6) is 0 Å². The summed E-state index contributed by atoms with van der Waals surface area (Å²) in [5, 5.41) is 20.0. The quantitative estimate of drug-likeness (QED) is 0.635. The van der Waals surface area contributed by atoms with Gasteiger partial charge in [0, 0.05) is 5.56 Å². The van der Waals surface area contributed by atoms with Crippen molar-refractivity contribution in [3.05, 3.63) is 38.3 Å². The third kappa shape index (κ3) is 4.02. The molecule has 0 saturated carbocycles. The van der Waals surface area contributed by atoms with Gasteiger partial charge in [0.15, 0.2) is 0 Å². The van der Waals surface area contributed by atoms with Crippen molar-refractivity contribution in [2.45, 2.75) is 33.1 Å². The predicted molar refractivity (Wildman–Crippen MR) is 75.2 cm³/mol. The highest BCUT2D eigenvalue weighted by Crippen LogP contribution is 2.31. The molecule has 0 aromatic heterocycles. The van der Waals surface area contributed by atoms with E-state index in [0.29, 0.717) is 29.3 Å². The van der Waals surface area contributed by atoms with Gasteiger partial charge < -0.3 is 5.11 Å². The highest BCUT2D eigenvalue weighted by molar-refractivity contribution is 9.10. The Bertz CT molecular complexity index is 499. The zero-order chi connectivity index (χ0) is 14.6. The number of nitro benzene ring substituents is 1. The minimum atomic E-state index is -0.851. The number of nitro groups is 1. The summed E-state index contributed by atoms with van der Waals surface area (Å²) in [7, 11) is 0. The topological polar surface area (TPSA) is 80.4 Å². The zero-order valence-corrected chi connectivity index (χ0v) is 12.4. The lowest BCUT2D eigenvalue weighted by Crippen LogP contribution is -2.23. The summed E-state index contributed by atoms with van der Waals surface area (Å²) < 4.78 is 0.451. The van der Waals surface area contributed by atoms with Crippen LogP contribution in [-0.4, -0.2) is 16.0 Å². The summed E-state index contributed by atoms with van der Waals surface area (Å²) in [6.45, 7) is 3.31. The molecule has 1 aromatic rings. The second kappa shape index (κ2) is 6.14. The van der Waals surface area contributed by atoms with Gasteiger partial charge in [0.25, 0.3) is 5.69 Å². The zero-order valence-electron chi connectivity index (χ0n) is 10.9. The molecule has 0 radical (unpaired) electrons. The van der Waals surface area contributed by atoms with Gasteiger partial charge in [-0.05, 0) is 55.1 Å². The van der Waals surface area contributed by atoms with E-state index in [1.165, 1.54) is 0 Å². The average molecular weight is 330 g/mol. The van der Waals surface area contributed by atoms with Crippen molar-refractivity contribution in [3.63, 3.8) is 0 Å². The molecule has 0 amide bonds. The lowest BCUT2D eigenvalue weighted by atomic mass is 9.86. The van der Waals surface area contributed by atoms with Gasteiger partial charge in [0.2, 0.25) is 0 Å². The van der Waals surface area contributed by atoms with Crippen molar-refractivity contribution in [3.8, 4) is 0 Å². The lowest BCUT2D eigenvalue weighted by Gasteiger charge is -2.18. The van der Waals surface area contributed by atoms with Crippen molar-refractivity contribution in [2.75, 3.05) is 0 Å². The molecule has 0 aliphatic carbocycles. The van der Waals surface area contributed by atoms with E-state index < -0.39 is 16.3 Å². The van der Waals surface area contributed by atoms with E-state index in [1.54, 1.807) is 32.0 Å². The van der Waals surface area contributed by atoms with Gasteiger partial charge in [-0.1, -0.05) is 12.1 Å². The van der Waals surface area contributed by atoms with E-state index >= 15 is 0 Å². The Balaban J connectivity index is 2.77. The van der Waals surface area contributed by atoms with Crippen LogP contribution >= 0.6 is 15.9 Å². The van der Waals surface area contributed by atoms with Crippen molar-refractivity contribution in [2.24, 2.45) is 5.41 Å². The first-order valence-corrected chi connectivity index (χ1v) is 6.70. The molecule has 0 bridgehead atoms. The van der Waals surface area contributed by atoms with Crippen LogP contribution < -0.4 is 0 Å². The maximum absolute atomic E-state index is 11.0. The fourth-order valence-electron chi connectivity index (χ4n) is 1.79. The van der Waals surface area contributed by atoms with E-state index in [0.717, 1.165) is 0 Å². The second-order valence-corrected chi connectivity index (χ2v) is 5.90. The number of carbonyl (C=O) groups is 1. The van der Waals surface area contributed by atoms with Crippen molar-refractivity contribution in [1.82, 2.24) is 0 Å². The maximum Gasteiger partial charge on any atom is 0.309 e. The minimum absolute atomic E-state index is 0.0654. The first-order valence-electron chi connectivity index (χ1n) is 5.91. The summed E-state index contributed by atoms with van der Waals surface area (Å²) in [5.41, 5.74) is -0.114. The summed E-state index contributed by atoms with van der Waals surface area (Å²) in [6.07, 6.45) is 1.56. The molecule has 0 aliphatic heterocycles. The number of carboxylic acids is 1. The van der Waals surface area contributed by atoms with Crippen LogP contribution in [0.15, 0.2) is 22.7 Å². The van der Waals surface area contributed by atoms with Gasteiger partial charge >= 0.3 is 5.97 Å². The first kappa shape index (κ1) is 15.6. The van der Waals surface area contributed by atoms with E-state index in [-0.39, 0.29) is 5.69 Å². The fourth-order valence-corrected chi connectivity index (χ4v) is 2.35. The minimum Gasteiger partial charge on any atom is -0.481 e. The molecular weight excluding hydrogens is 314 g/mol. The van der Waals surface area contributed by atoms with Gasteiger partial charge in [0.1, 0.15) is 0 Å². The molecule has 104 valence electrons. The van der Waals surface area contributed by atoms with Crippen LogP contribution in [0.1, 0.15) is 32.3 Å². The molecule has 0 spiro atoms. The molecule has 0 unspecified atom stereocenters.